The van der Waals surface area contributed by atoms with Crippen LogP contribution in [0.1, 0.15) is 0 Å². The van der Waals surface area contributed by atoms with Gasteiger partial charge in [-0.2, -0.15) is 0 Å². The van der Waals surface area contributed by atoms with Crippen molar-refractivity contribution < 1.29 is 50.3 Å². The van der Waals surface area contributed by atoms with Crippen LogP contribution in [0.5, 0.6) is 0 Å². The van der Waals surface area contributed by atoms with Gasteiger partial charge in [-0.15, -0.1) is 0 Å². The highest BCUT2D eigenvalue weighted by atomic mass is 17.5. The molecule has 0 aromatic heterocycles. The first-order valence-corrected chi connectivity index (χ1v) is 2.52. The summed E-state index contributed by atoms with van der Waals surface area (Å²) in [5.74, 6) is 0. The molecule has 0 amide bonds. The van der Waals surface area contributed by atoms with Crippen molar-refractivity contribution in [3.63, 3.8) is 0 Å². The van der Waals surface area contributed by atoms with Gasteiger partial charge in [0, 0.05) is 0 Å². The fourth-order valence-corrected chi connectivity index (χ4v) is 0.151. The number of hydrogen-bond acceptors (Lipinski definition) is 10. The van der Waals surface area contributed by atoms with Crippen LogP contribution < -0.4 is 0 Å². The van der Waals surface area contributed by atoms with E-state index in [9.17, 15) is 0 Å². The topological polar surface area (TPSA) is 185 Å². The molecule has 0 aromatic carbocycles. The molecule has 0 heterocycles. The Balaban J connectivity index is 2.81. The van der Waals surface area contributed by atoms with Crippen molar-refractivity contribution in [3.05, 3.63) is 28.2 Å². The lowest BCUT2D eigenvalue weighted by atomic mass is 12.9. The quantitative estimate of drug-likeness (QED) is 0.278. The first-order chi connectivity index (χ1) is 7.41. The van der Waals surface area contributed by atoms with Gasteiger partial charge in [-0.25, -0.2) is 0 Å². The monoisotopic (exact) mass is 232 g/mol. The van der Waals surface area contributed by atoms with Crippen LogP contribution in [0.2, 0.25) is 0 Å². The summed E-state index contributed by atoms with van der Waals surface area (Å²) in [6, 6.07) is 0. The summed E-state index contributed by atoms with van der Waals surface area (Å²) in [4.78, 5) is 27.8. The van der Waals surface area contributed by atoms with Crippen LogP contribution in [0.25, 0.3) is 28.2 Å². The summed E-state index contributed by atoms with van der Waals surface area (Å²) in [5, 5.41) is 15.1. The lowest BCUT2D eigenvalue weighted by Crippen LogP contribution is -1.90. The average Bonchev–Trinajstić information content (AvgIpc) is 2.26. The van der Waals surface area contributed by atoms with E-state index >= 15 is 0 Å². The van der Waals surface area contributed by atoms with Gasteiger partial charge in [-0.05, 0) is 0 Å². The molecule has 0 unspecified atom stereocenters. The number of rotatable bonds is 12. The minimum Gasteiger partial charge on any atom is -0.550 e. The summed E-state index contributed by atoms with van der Waals surface area (Å²) in [5.41, 5.74) is 12.1. The zero-order valence-electron chi connectivity index (χ0n) is 6.40. The van der Waals surface area contributed by atoms with E-state index in [2.05, 4.69) is 68.0 Å². The average molecular weight is 232 g/mol. The molecule has 0 aliphatic rings. The lowest BCUT2D eigenvalue weighted by Gasteiger charge is -2.39. The molecule has 0 rings (SSSR count). The van der Waals surface area contributed by atoms with Crippen LogP contribution in [-0.2, 0) is 39.8 Å². The predicted octanol–water partition coefficient (Wildman–Crippen LogP) is 0.914. The molecule has 0 aliphatic heterocycles. The Morgan fingerprint density at radius 1 is 0.533 bits per heavy atom. The SMILES string of the molecule is OO[N-]OO[N-]O[N-]O[N-]OO[N-]OO. The third-order valence-electron chi connectivity index (χ3n) is 0.388. The first kappa shape index (κ1) is 14.4. The highest BCUT2D eigenvalue weighted by Gasteiger charge is 1.58. The van der Waals surface area contributed by atoms with E-state index in [1.54, 1.807) is 0 Å². The van der Waals surface area contributed by atoms with Gasteiger partial charge in [0.25, 0.3) is 0 Å². The third kappa shape index (κ3) is 13.4. The van der Waals surface area contributed by atoms with Crippen molar-refractivity contribution in [1.29, 1.82) is 0 Å². The smallest absolute Gasteiger partial charge is 0.268 e. The zero-order chi connectivity index (χ0) is 11.2. The number of nitrogens with zero attached hydrogens (tertiary/aromatic N) is 5. The second-order valence-electron chi connectivity index (χ2n) is 0.997. The summed E-state index contributed by atoms with van der Waals surface area (Å²) >= 11 is 0. The molecular weight excluding hydrogens is 230 g/mol. The second kappa shape index (κ2) is 13.4. The zero-order valence-corrected chi connectivity index (χ0v) is 6.40. The molecule has 0 fully saturated rings. The highest BCUT2D eigenvalue weighted by Crippen LogP contribution is 2.06. The molecule has 15 nitrogen and oxygen atoms in total. The molecule has 2 N–H and O–H groups in total. The summed E-state index contributed by atoms with van der Waals surface area (Å²) in [6.45, 7) is 0. The van der Waals surface area contributed by atoms with E-state index in [0.29, 0.717) is 0 Å². The lowest BCUT2D eigenvalue weighted by molar-refractivity contribution is -0.355. The fourth-order valence-electron chi connectivity index (χ4n) is 0.151. The minimum absolute atomic E-state index is 2.30. The molecule has 0 saturated heterocycles. The van der Waals surface area contributed by atoms with Crippen molar-refractivity contribution >= 4 is 0 Å². The van der Waals surface area contributed by atoms with Gasteiger partial charge in [0.1, 0.15) is 0 Å². The molecule has 0 spiro atoms. The molecule has 92 valence electrons. The van der Waals surface area contributed by atoms with E-state index in [1.165, 1.54) is 0 Å². The van der Waals surface area contributed by atoms with Crippen LogP contribution >= 0.6 is 0 Å². The van der Waals surface area contributed by atoms with E-state index in [-0.39, 0.29) is 0 Å². The fraction of sp³-hybridized carbons (Fsp3) is 0. The number of hydrogen-bond donors (Lipinski definition) is 2. The van der Waals surface area contributed by atoms with Gasteiger partial charge in [-0.3, -0.25) is 10.5 Å². The Hall–Kier alpha value is -0.600. The van der Waals surface area contributed by atoms with Gasteiger partial charge < -0.3 is 68.0 Å². The van der Waals surface area contributed by atoms with Gasteiger partial charge >= 0.3 is 0 Å². The maximum absolute atomic E-state index is 7.53. The van der Waals surface area contributed by atoms with Gasteiger partial charge in [-0.1, -0.05) is 0 Å². The normalized spacial score (nSPS) is 10.8. The van der Waals surface area contributed by atoms with Crippen LogP contribution in [0.15, 0.2) is 0 Å². The van der Waals surface area contributed by atoms with Gasteiger partial charge in [0.15, 0.2) is 0 Å². The maximum atomic E-state index is 7.53. The third-order valence-corrected chi connectivity index (χ3v) is 0.388. The largest absolute Gasteiger partial charge is 0.550 e. The molecule has 15 heteroatoms. The Kier molecular flexibility index (Phi) is 12.9. The highest BCUT2D eigenvalue weighted by molar-refractivity contribution is 4.42. The summed E-state index contributed by atoms with van der Waals surface area (Å²) in [6.07, 6.45) is 0. The maximum Gasteiger partial charge on any atom is -0.268 e. The molecule has 0 aliphatic carbocycles. The Morgan fingerprint density at radius 3 is 1.33 bits per heavy atom. The van der Waals surface area contributed by atoms with Crippen LogP contribution in [-0.4, -0.2) is 10.5 Å². The predicted molar refractivity (Wildman–Crippen MR) is 30.7 cm³/mol. The molecule has 0 atom stereocenters. The molecule has 0 aromatic rings. The van der Waals surface area contributed by atoms with E-state index in [4.69, 9.17) is 10.5 Å². The Labute approximate surface area is 79.9 Å². The van der Waals surface area contributed by atoms with Crippen LogP contribution in [0.4, 0.5) is 0 Å². The first-order valence-electron chi connectivity index (χ1n) is 2.52. The van der Waals surface area contributed by atoms with Crippen molar-refractivity contribution in [1.82, 2.24) is 0 Å². The molecule has 0 bridgehead atoms. The summed E-state index contributed by atoms with van der Waals surface area (Å²) in [7, 11) is 0. The molecule has 0 saturated carbocycles. The van der Waals surface area contributed by atoms with Crippen molar-refractivity contribution in [2.75, 3.05) is 0 Å². The Bertz CT molecular complexity index is 98.0. The second-order valence-corrected chi connectivity index (χ2v) is 0.997. The van der Waals surface area contributed by atoms with E-state index in [1.807, 2.05) is 0 Å². The van der Waals surface area contributed by atoms with Crippen molar-refractivity contribution in [2.45, 2.75) is 0 Å². The van der Waals surface area contributed by atoms with E-state index < -0.39 is 0 Å². The van der Waals surface area contributed by atoms with Gasteiger partial charge in [0.2, 0.25) is 0 Å². The summed E-state index contributed by atoms with van der Waals surface area (Å²) < 4.78 is 0. The molecule has 15 heavy (non-hydrogen) atoms. The standard InChI is InChI=1S/H2N5O10/c6-10-4-14-12-2-8-1-9-3-13-15-5-11-7/h6-7H/q-5. The van der Waals surface area contributed by atoms with Crippen molar-refractivity contribution in [3.8, 4) is 0 Å². The van der Waals surface area contributed by atoms with Crippen LogP contribution in [0.3, 0.4) is 0 Å². The van der Waals surface area contributed by atoms with Crippen LogP contribution in [0, 0.1) is 0 Å². The Morgan fingerprint density at radius 2 is 0.933 bits per heavy atom. The van der Waals surface area contributed by atoms with Crippen molar-refractivity contribution in [2.24, 2.45) is 0 Å². The minimum atomic E-state index is 2.30. The molecule has 0 radical (unpaired) electrons. The van der Waals surface area contributed by atoms with Gasteiger partial charge in [0.05, 0.1) is 0 Å². The molecular formula is H2N5O10-5. The van der Waals surface area contributed by atoms with E-state index in [0.717, 1.165) is 0 Å².